The minimum atomic E-state index is -0.331. The largest absolute Gasteiger partial charge is 0.356 e. The van der Waals surface area contributed by atoms with Crippen molar-refractivity contribution < 1.29 is 4.79 Å². The summed E-state index contributed by atoms with van der Waals surface area (Å²) in [5.41, 5.74) is 2.09. The number of aromatic amines is 2. The molecule has 1 aliphatic heterocycles. The Labute approximate surface area is 161 Å². The molecule has 2 N–H and O–H groups in total. The summed E-state index contributed by atoms with van der Waals surface area (Å²) in [6, 6.07) is 3.82. The molecule has 1 saturated heterocycles. The number of nitrogens with zero attached hydrogens (tertiary/aromatic N) is 5. The van der Waals surface area contributed by atoms with Gasteiger partial charge in [-0.05, 0) is 32.8 Å². The summed E-state index contributed by atoms with van der Waals surface area (Å²) in [5, 5.41) is 0. The van der Waals surface area contributed by atoms with Crippen molar-refractivity contribution in [3.63, 3.8) is 0 Å². The number of hydrogen-bond acceptors (Lipinski definition) is 6. The maximum absolute atomic E-state index is 12.9. The highest BCUT2D eigenvalue weighted by molar-refractivity contribution is 5.96. The number of anilines is 1. The van der Waals surface area contributed by atoms with Crippen molar-refractivity contribution in [2.75, 3.05) is 25.0 Å². The number of imidazole rings is 1. The van der Waals surface area contributed by atoms with Gasteiger partial charge in [0.15, 0.2) is 5.65 Å². The van der Waals surface area contributed by atoms with Crippen molar-refractivity contribution >= 4 is 22.9 Å². The second kappa shape index (κ2) is 7.06. The van der Waals surface area contributed by atoms with E-state index in [0.717, 1.165) is 43.3 Å². The third-order valence-corrected chi connectivity index (χ3v) is 5.22. The van der Waals surface area contributed by atoms with Crippen molar-refractivity contribution in [1.82, 2.24) is 29.8 Å². The van der Waals surface area contributed by atoms with E-state index in [1.807, 2.05) is 27.0 Å². The quantitative estimate of drug-likeness (QED) is 0.709. The van der Waals surface area contributed by atoms with Gasteiger partial charge in [0.25, 0.3) is 5.91 Å². The first-order chi connectivity index (χ1) is 13.4. The molecule has 28 heavy (non-hydrogen) atoms. The smallest absolute Gasteiger partial charge is 0.325 e. The summed E-state index contributed by atoms with van der Waals surface area (Å²) in [5.74, 6) is 1.63. The van der Waals surface area contributed by atoms with Gasteiger partial charge in [0.05, 0.1) is 11.1 Å². The molecular formula is C19H23N7O2. The molecule has 3 aromatic rings. The van der Waals surface area contributed by atoms with Gasteiger partial charge in [-0.1, -0.05) is 0 Å². The summed E-state index contributed by atoms with van der Waals surface area (Å²) in [4.78, 5) is 46.5. The topological polar surface area (TPSA) is 111 Å². The first kappa shape index (κ1) is 18.1. The molecule has 1 aliphatic rings. The number of amides is 1. The van der Waals surface area contributed by atoms with Gasteiger partial charge < -0.3 is 14.8 Å². The highest BCUT2D eigenvalue weighted by Gasteiger charge is 2.27. The minimum absolute atomic E-state index is 0.0939. The molecule has 9 nitrogen and oxygen atoms in total. The van der Waals surface area contributed by atoms with Crippen molar-refractivity contribution in [3.05, 3.63) is 45.9 Å². The van der Waals surface area contributed by atoms with Crippen LogP contribution in [0.25, 0.3) is 11.2 Å². The normalized spacial score (nSPS) is 15.2. The van der Waals surface area contributed by atoms with Gasteiger partial charge in [0.1, 0.15) is 11.6 Å². The molecule has 0 spiro atoms. The van der Waals surface area contributed by atoms with E-state index in [0.29, 0.717) is 16.7 Å². The highest BCUT2D eigenvalue weighted by Crippen LogP contribution is 2.22. The Hall–Kier alpha value is -3.23. The van der Waals surface area contributed by atoms with Gasteiger partial charge in [-0.15, -0.1) is 0 Å². The molecule has 146 valence electrons. The molecule has 4 heterocycles. The van der Waals surface area contributed by atoms with E-state index < -0.39 is 0 Å². The summed E-state index contributed by atoms with van der Waals surface area (Å²) < 4.78 is 0. The predicted octanol–water partition coefficient (Wildman–Crippen LogP) is 1.40. The fourth-order valence-corrected chi connectivity index (χ4v) is 3.75. The van der Waals surface area contributed by atoms with Crippen LogP contribution in [0.4, 0.5) is 5.82 Å². The lowest BCUT2D eigenvalue weighted by molar-refractivity contribution is 0.0709. The van der Waals surface area contributed by atoms with Crippen LogP contribution in [0.2, 0.25) is 0 Å². The number of aromatic nitrogens is 5. The molecule has 9 heteroatoms. The number of aryl methyl sites for hydroxylation is 2. The molecule has 0 radical (unpaired) electrons. The SMILES string of the molecule is Cc1cc(N2CCC(N(C)C(=O)c3cnc4[nH]c(=O)[nH]c4c3)CC2)nc(C)n1. The van der Waals surface area contributed by atoms with E-state index in [9.17, 15) is 9.59 Å². The van der Waals surface area contributed by atoms with Crippen molar-refractivity contribution in [2.45, 2.75) is 32.7 Å². The Balaban J connectivity index is 1.44. The number of carbonyl (C=O) groups excluding carboxylic acids is 1. The Bertz CT molecular complexity index is 1060. The molecule has 0 aliphatic carbocycles. The van der Waals surface area contributed by atoms with Crippen LogP contribution in [-0.2, 0) is 0 Å². The van der Waals surface area contributed by atoms with Crippen LogP contribution in [0, 0.1) is 13.8 Å². The van der Waals surface area contributed by atoms with Gasteiger partial charge in [0.2, 0.25) is 0 Å². The molecule has 3 aromatic heterocycles. The van der Waals surface area contributed by atoms with Crippen LogP contribution in [0.15, 0.2) is 23.1 Å². The number of carbonyl (C=O) groups is 1. The molecule has 1 amide bonds. The maximum Gasteiger partial charge on any atom is 0.325 e. The summed E-state index contributed by atoms with van der Waals surface area (Å²) in [6.45, 7) is 5.54. The van der Waals surface area contributed by atoms with Crippen molar-refractivity contribution in [3.8, 4) is 0 Å². The van der Waals surface area contributed by atoms with E-state index >= 15 is 0 Å². The van der Waals surface area contributed by atoms with Crippen LogP contribution in [0.3, 0.4) is 0 Å². The number of rotatable bonds is 3. The molecule has 0 aromatic carbocycles. The lowest BCUT2D eigenvalue weighted by Crippen LogP contribution is -2.46. The maximum atomic E-state index is 12.9. The van der Waals surface area contributed by atoms with Crippen LogP contribution in [-0.4, -0.2) is 61.9 Å². The molecule has 4 rings (SSSR count). The van der Waals surface area contributed by atoms with E-state index in [4.69, 9.17) is 0 Å². The average Bonchev–Trinajstić information content (AvgIpc) is 3.05. The van der Waals surface area contributed by atoms with Gasteiger partial charge in [-0.2, -0.15) is 0 Å². The Kier molecular flexibility index (Phi) is 4.58. The second-order valence-electron chi connectivity index (χ2n) is 7.25. The molecule has 0 unspecified atom stereocenters. The van der Waals surface area contributed by atoms with Gasteiger partial charge >= 0.3 is 5.69 Å². The number of hydrogen-bond donors (Lipinski definition) is 2. The summed E-state index contributed by atoms with van der Waals surface area (Å²) in [6.07, 6.45) is 3.23. The monoisotopic (exact) mass is 381 g/mol. The van der Waals surface area contributed by atoms with Crippen molar-refractivity contribution in [1.29, 1.82) is 0 Å². The first-order valence-electron chi connectivity index (χ1n) is 9.33. The molecule has 0 saturated carbocycles. The molecule has 0 bridgehead atoms. The number of H-pyrrole nitrogens is 2. The Morgan fingerprint density at radius 3 is 2.64 bits per heavy atom. The Morgan fingerprint density at radius 1 is 1.18 bits per heavy atom. The van der Waals surface area contributed by atoms with Gasteiger partial charge in [-0.3, -0.25) is 9.78 Å². The van der Waals surface area contributed by atoms with Gasteiger partial charge in [0, 0.05) is 44.1 Å². The fourth-order valence-electron chi connectivity index (χ4n) is 3.75. The zero-order chi connectivity index (χ0) is 19.8. The fraction of sp³-hybridized carbons (Fsp3) is 0.421. The van der Waals surface area contributed by atoms with Crippen LogP contribution < -0.4 is 10.6 Å². The first-order valence-corrected chi connectivity index (χ1v) is 9.33. The Morgan fingerprint density at radius 2 is 1.93 bits per heavy atom. The van der Waals surface area contributed by atoms with Crippen LogP contribution in [0.5, 0.6) is 0 Å². The lowest BCUT2D eigenvalue weighted by Gasteiger charge is -2.37. The number of fused-ring (bicyclic) bond motifs is 1. The van der Waals surface area contributed by atoms with E-state index in [2.05, 4.69) is 29.8 Å². The number of piperidine rings is 1. The standard InChI is InChI=1S/C19H23N7O2/c1-11-8-16(22-12(2)21-11)26-6-4-14(5-7-26)25(3)18(27)13-9-15-17(20-10-13)24-19(28)23-15/h8-10,14H,4-7H2,1-3H3,(H2,20,23,24,28). The van der Waals surface area contributed by atoms with E-state index in [-0.39, 0.29) is 17.6 Å². The van der Waals surface area contributed by atoms with Crippen LogP contribution >= 0.6 is 0 Å². The van der Waals surface area contributed by atoms with Crippen molar-refractivity contribution in [2.24, 2.45) is 0 Å². The minimum Gasteiger partial charge on any atom is -0.356 e. The predicted molar refractivity (Wildman–Crippen MR) is 106 cm³/mol. The zero-order valence-corrected chi connectivity index (χ0v) is 16.2. The summed E-state index contributed by atoms with van der Waals surface area (Å²) in [7, 11) is 1.83. The van der Waals surface area contributed by atoms with E-state index in [1.54, 1.807) is 11.0 Å². The third-order valence-electron chi connectivity index (χ3n) is 5.22. The zero-order valence-electron chi connectivity index (χ0n) is 16.2. The average molecular weight is 381 g/mol. The third kappa shape index (κ3) is 3.47. The van der Waals surface area contributed by atoms with Gasteiger partial charge in [-0.25, -0.2) is 19.7 Å². The number of pyridine rings is 1. The molecular weight excluding hydrogens is 358 g/mol. The summed E-state index contributed by atoms with van der Waals surface area (Å²) >= 11 is 0. The number of nitrogens with one attached hydrogen (secondary N) is 2. The molecule has 0 atom stereocenters. The lowest BCUT2D eigenvalue weighted by atomic mass is 10.0. The van der Waals surface area contributed by atoms with Crippen LogP contribution in [0.1, 0.15) is 34.7 Å². The second-order valence-corrected chi connectivity index (χ2v) is 7.25. The molecule has 1 fully saturated rings. The highest BCUT2D eigenvalue weighted by atomic mass is 16.2. The van der Waals surface area contributed by atoms with E-state index in [1.165, 1.54) is 6.20 Å².